The van der Waals surface area contributed by atoms with Crippen LogP contribution in [0.4, 0.5) is 21.6 Å². The van der Waals surface area contributed by atoms with Crippen molar-refractivity contribution in [3.05, 3.63) is 58.9 Å². The van der Waals surface area contributed by atoms with Crippen LogP contribution in [-0.2, 0) is 4.79 Å². The molecule has 0 spiro atoms. The molecule has 3 aromatic rings. The number of hydrogen-bond acceptors (Lipinski definition) is 4. The molecule has 7 nitrogen and oxygen atoms in total. The molecule has 1 aliphatic carbocycles. The third-order valence-corrected chi connectivity index (χ3v) is 7.53. The summed E-state index contributed by atoms with van der Waals surface area (Å²) in [6.07, 6.45) is 1.12. The van der Waals surface area contributed by atoms with Crippen molar-refractivity contribution < 1.29 is 18.1 Å². The molecule has 5 rings (SSSR count). The van der Waals surface area contributed by atoms with Crippen LogP contribution < -0.4 is 15.1 Å². The Bertz CT molecular complexity index is 1480. The minimum Gasteiger partial charge on any atom is -0.369 e. The number of benzene rings is 2. The zero-order valence-electron chi connectivity index (χ0n) is 24.8. The van der Waals surface area contributed by atoms with Gasteiger partial charge in [0.15, 0.2) is 5.82 Å². The first kappa shape index (κ1) is 22.6. The summed E-state index contributed by atoms with van der Waals surface area (Å²) >= 11 is 6.19. The van der Waals surface area contributed by atoms with Crippen LogP contribution in [0.25, 0.3) is 11.3 Å². The van der Waals surface area contributed by atoms with E-state index in [0.29, 0.717) is 28.2 Å². The zero-order valence-corrected chi connectivity index (χ0v) is 22.6. The number of carbonyl (C=O) groups is 2. The van der Waals surface area contributed by atoms with Gasteiger partial charge in [-0.1, -0.05) is 37.6 Å². The van der Waals surface area contributed by atoms with Gasteiger partial charge in [-0.05, 0) is 56.4 Å². The molecular weight excluding hydrogens is 505 g/mol. The molecule has 2 heterocycles. The number of aromatic nitrogens is 2. The van der Waals surface area contributed by atoms with Gasteiger partial charge in [-0.3, -0.25) is 14.3 Å². The fourth-order valence-corrected chi connectivity index (χ4v) is 5.22. The molecule has 0 radical (unpaired) electrons. The average Bonchev–Trinajstić information content (AvgIpc) is 3.27. The Morgan fingerprint density at radius 3 is 2.53 bits per heavy atom. The molecule has 1 N–H and O–H groups in total. The van der Waals surface area contributed by atoms with Crippen molar-refractivity contribution >= 4 is 40.6 Å². The highest BCUT2D eigenvalue weighted by molar-refractivity contribution is 6.34. The van der Waals surface area contributed by atoms with Gasteiger partial charge >= 0.3 is 0 Å². The third kappa shape index (κ3) is 4.89. The number of amides is 2. The quantitative estimate of drug-likeness (QED) is 0.384. The molecule has 9 heteroatoms. The summed E-state index contributed by atoms with van der Waals surface area (Å²) in [5.41, 5.74) is 1.66. The van der Waals surface area contributed by atoms with E-state index in [-0.39, 0.29) is 28.6 Å². The second-order valence-electron chi connectivity index (χ2n) is 10.7. The molecule has 1 saturated carbocycles. The molecule has 200 valence electrons. The number of halogens is 2. The van der Waals surface area contributed by atoms with Crippen molar-refractivity contribution in [2.45, 2.75) is 40.2 Å². The predicted molar refractivity (Wildman–Crippen MR) is 149 cm³/mol. The lowest BCUT2D eigenvalue weighted by atomic mass is 10.1. The molecule has 2 aliphatic rings. The van der Waals surface area contributed by atoms with Gasteiger partial charge in [0.1, 0.15) is 5.82 Å². The summed E-state index contributed by atoms with van der Waals surface area (Å²) < 4.78 is 41.4. The molecule has 1 aliphatic heterocycles. The number of carbonyl (C=O) groups excluding carboxylic acids is 2. The minimum absolute atomic E-state index is 0.0408. The summed E-state index contributed by atoms with van der Waals surface area (Å²) in [6, 6.07) is 10.7. The Balaban J connectivity index is 1.64. The van der Waals surface area contributed by atoms with Crippen molar-refractivity contribution in [2.24, 2.45) is 17.8 Å². The van der Waals surface area contributed by atoms with E-state index in [2.05, 4.69) is 15.3 Å². The summed E-state index contributed by atoms with van der Waals surface area (Å²) in [4.78, 5) is 28.8. The molecule has 2 fully saturated rings. The standard InChI is InChI=1S/C29H33ClFN5O2/c1-16(2)28(37)32-26-13-24(36(33-26)17(3)4)18-9-10-23(25(12-18)35-14-19-11-20(19)15-35)34(5)29(38)27-21(30)7-6-8-22(27)31/h6-10,12-13,16-17,19-20H,11,14-15H2,1-5H3,(H,32,33,37)/i5D3. The molecule has 0 bridgehead atoms. The monoisotopic (exact) mass is 540 g/mol. The Kier molecular flexibility index (Phi) is 5.98. The molecule has 2 unspecified atom stereocenters. The van der Waals surface area contributed by atoms with Gasteiger partial charge in [-0.25, -0.2) is 4.39 Å². The van der Waals surface area contributed by atoms with Crippen molar-refractivity contribution in [2.75, 3.05) is 35.2 Å². The van der Waals surface area contributed by atoms with Crippen LogP contribution in [-0.4, -0.2) is 41.7 Å². The third-order valence-electron chi connectivity index (χ3n) is 7.21. The van der Waals surface area contributed by atoms with Crippen LogP contribution in [0.5, 0.6) is 0 Å². The van der Waals surface area contributed by atoms with Crippen LogP contribution in [0.2, 0.25) is 5.02 Å². The first-order chi connectivity index (χ1) is 19.3. The summed E-state index contributed by atoms with van der Waals surface area (Å²) in [5.74, 6) is -0.871. The average molecular weight is 541 g/mol. The van der Waals surface area contributed by atoms with Gasteiger partial charge in [-0.15, -0.1) is 0 Å². The van der Waals surface area contributed by atoms with Gasteiger partial charge in [0.25, 0.3) is 5.91 Å². The van der Waals surface area contributed by atoms with Crippen LogP contribution in [0.3, 0.4) is 0 Å². The molecule has 2 amide bonds. The van der Waals surface area contributed by atoms with E-state index in [9.17, 15) is 14.0 Å². The Morgan fingerprint density at radius 1 is 1.16 bits per heavy atom. The smallest absolute Gasteiger partial charge is 0.262 e. The topological polar surface area (TPSA) is 70.5 Å². The Labute approximate surface area is 231 Å². The molecule has 1 saturated heterocycles. The van der Waals surface area contributed by atoms with Crippen molar-refractivity contribution in [3.63, 3.8) is 0 Å². The van der Waals surface area contributed by atoms with E-state index in [1.165, 1.54) is 12.1 Å². The van der Waals surface area contributed by atoms with E-state index in [1.807, 2.05) is 19.9 Å². The minimum atomic E-state index is -2.92. The van der Waals surface area contributed by atoms with Gasteiger partial charge in [0.05, 0.1) is 27.7 Å². The maximum absolute atomic E-state index is 14.8. The molecule has 38 heavy (non-hydrogen) atoms. The number of piperidine rings is 1. The fourth-order valence-electron chi connectivity index (χ4n) is 4.98. The highest BCUT2D eigenvalue weighted by Crippen LogP contribution is 2.48. The van der Waals surface area contributed by atoms with Gasteiger partial charge in [0, 0.05) is 47.8 Å². The van der Waals surface area contributed by atoms with Gasteiger partial charge in [-0.2, -0.15) is 5.10 Å². The Hall–Kier alpha value is -3.39. The molecule has 2 atom stereocenters. The number of nitrogens with one attached hydrogen (secondary N) is 1. The summed E-state index contributed by atoms with van der Waals surface area (Å²) in [7, 11) is 0. The van der Waals surface area contributed by atoms with Crippen LogP contribution in [0.1, 0.15) is 54.6 Å². The molecule has 2 aromatic carbocycles. The number of nitrogens with zero attached hydrogens (tertiary/aromatic N) is 4. The van der Waals surface area contributed by atoms with Crippen LogP contribution in [0.15, 0.2) is 42.5 Å². The van der Waals surface area contributed by atoms with E-state index < -0.39 is 24.3 Å². The van der Waals surface area contributed by atoms with Crippen LogP contribution in [0, 0.1) is 23.6 Å². The largest absolute Gasteiger partial charge is 0.369 e. The van der Waals surface area contributed by atoms with E-state index >= 15 is 0 Å². The van der Waals surface area contributed by atoms with Gasteiger partial charge in [0.2, 0.25) is 5.91 Å². The first-order valence-electron chi connectivity index (χ1n) is 14.3. The predicted octanol–water partition coefficient (Wildman–Crippen LogP) is 6.25. The number of fused-ring (bicyclic) bond motifs is 1. The number of rotatable bonds is 7. The maximum Gasteiger partial charge on any atom is 0.262 e. The second kappa shape index (κ2) is 10.1. The molecule has 1 aromatic heterocycles. The van der Waals surface area contributed by atoms with E-state index in [4.69, 9.17) is 15.7 Å². The fraction of sp³-hybridized carbons (Fsp3) is 0.414. The van der Waals surface area contributed by atoms with E-state index in [1.54, 1.807) is 36.7 Å². The first-order valence-corrected chi connectivity index (χ1v) is 13.2. The second-order valence-corrected chi connectivity index (χ2v) is 11.1. The van der Waals surface area contributed by atoms with Crippen molar-refractivity contribution in [3.8, 4) is 11.3 Å². The normalized spacial score (nSPS) is 19.7. The van der Waals surface area contributed by atoms with Crippen molar-refractivity contribution in [1.29, 1.82) is 0 Å². The van der Waals surface area contributed by atoms with E-state index in [0.717, 1.165) is 36.8 Å². The van der Waals surface area contributed by atoms with Gasteiger partial charge < -0.3 is 15.1 Å². The highest BCUT2D eigenvalue weighted by Gasteiger charge is 2.45. The zero-order chi connectivity index (χ0) is 29.8. The van der Waals surface area contributed by atoms with Crippen molar-refractivity contribution in [1.82, 2.24) is 9.78 Å². The lowest BCUT2D eigenvalue weighted by Gasteiger charge is -2.29. The highest BCUT2D eigenvalue weighted by atomic mass is 35.5. The summed E-state index contributed by atoms with van der Waals surface area (Å²) in [6.45, 7) is 6.08. The summed E-state index contributed by atoms with van der Waals surface area (Å²) in [5, 5.41) is 7.28. The molecular formula is C29H33ClFN5O2. The maximum atomic E-state index is 14.8. The number of hydrogen-bond donors (Lipinski definition) is 1. The lowest BCUT2D eigenvalue weighted by molar-refractivity contribution is -0.118. The van der Waals surface area contributed by atoms with Crippen LogP contribution >= 0.6 is 11.6 Å². The number of anilines is 3. The SMILES string of the molecule is [2H]C([2H])([2H])N(C(=O)c1c(F)cccc1Cl)c1ccc(-c2cc(NC(=O)C(C)C)nn2C(C)C)cc1N1CC2CC2C1. The Morgan fingerprint density at radius 2 is 1.89 bits per heavy atom. The lowest BCUT2D eigenvalue weighted by Crippen LogP contribution is -2.31.